The lowest BCUT2D eigenvalue weighted by molar-refractivity contribution is 1.38. The molecule has 0 aliphatic heterocycles. The van der Waals surface area contributed by atoms with Crippen molar-refractivity contribution in [1.29, 1.82) is 0 Å². The predicted molar refractivity (Wildman–Crippen MR) is 29.7 cm³/mol. The molecule has 0 fully saturated rings. The Morgan fingerprint density at radius 3 is 2.00 bits per heavy atom. The summed E-state index contributed by atoms with van der Waals surface area (Å²) in [6.07, 6.45) is 0. The zero-order valence-electron chi connectivity index (χ0n) is 3.04. The van der Waals surface area contributed by atoms with Crippen LogP contribution >= 0.6 is 22.7 Å². The second-order valence-corrected chi connectivity index (χ2v) is 4.66. The van der Waals surface area contributed by atoms with Crippen LogP contribution in [0.5, 0.6) is 0 Å². The molecule has 0 radical (unpaired) electrons. The van der Waals surface area contributed by atoms with E-state index in [0.717, 1.165) is 0 Å². The molecule has 0 spiro atoms. The summed E-state index contributed by atoms with van der Waals surface area (Å²) in [4.78, 5) is 0. The number of rotatable bonds is 1. The summed E-state index contributed by atoms with van der Waals surface area (Å²) in [5.74, 6) is 0. The van der Waals surface area contributed by atoms with Crippen molar-refractivity contribution >= 4 is 31.5 Å². The Bertz CT molecular complexity index is 21.6. The van der Waals surface area contributed by atoms with E-state index in [1.54, 1.807) is 0 Å². The summed E-state index contributed by atoms with van der Waals surface area (Å²) in [7, 11) is -0.414. The maximum Gasteiger partial charge on any atom is 0.142 e. The normalized spacial score (nSPS) is 17.4. The lowest BCUT2D eigenvalue weighted by Crippen LogP contribution is -1.93. The molecule has 0 aromatic heterocycles. The minimum atomic E-state index is -0.414. The monoisotopic (exact) mass is 128 g/mol. The quantitative estimate of drug-likeness (QED) is 0.280. The van der Waals surface area contributed by atoms with Gasteiger partial charge in [-0.05, 0) is 0 Å². The average molecular weight is 129 g/mol. The van der Waals surface area contributed by atoms with E-state index < -0.39 is 8.83 Å². The first kappa shape index (κ1) is 5.80. The Labute approximate surface area is 44.0 Å². The van der Waals surface area contributed by atoms with Gasteiger partial charge < -0.3 is 0 Å². The van der Waals surface area contributed by atoms with Crippen molar-refractivity contribution in [2.75, 3.05) is 0 Å². The van der Waals surface area contributed by atoms with Gasteiger partial charge in [0, 0.05) is 5.00 Å². The Balaban J connectivity index is 2.54. The van der Waals surface area contributed by atoms with Crippen molar-refractivity contribution in [3.8, 4) is 0 Å². The van der Waals surface area contributed by atoms with Crippen LogP contribution in [0.1, 0.15) is 6.92 Å². The van der Waals surface area contributed by atoms with Gasteiger partial charge >= 0.3 is 0 Å². The molecule has 0 N–H and O–H groups in total. The molecule has 32 valence electrons. The minimum absolute atomic E-state index is 0.261. The van der Waals surface area contributed by atoms with Gasteiger partial charge in [-0.25, -0.2) is 0 Å². The molecule has 0 saturated carbocycles. The fourth-order valence-corrected chi connectivity index (χ4v) is 0. The summed E-state index contributed by atoms with van der Waals surface area (Å²) in [6.45, 7) is 1.92. The van der Waals surface area contributed by atoms with Crippen LogP contribution in [0.2, 0.25) is 0 Å². The third-order valence-corrected chi connectivity index (χ3v) is 2.96. The lowest BCUT2D eigenvalue weighted by atomic mass is 11.0. The van der Waals surface area contributed by atoms with Crippen molar-refractivity contribution < 1.29 is 0 Å². The summed E-state index contributed by atoms with van der Waals surface area (Å²) < 4.78 is 0. The van der Waals surface area contributed by atoms with E-state index in [2.05, 4.69) is 0 Å². The van der Waals surface area contributed by atoms with E-state index in [0.29, 0.717) is 0 Å². The zero-order chi connectivity index (χ0) is 4.28. The molecule has 3 heteroatoms. The van der Waals surface area contributed by atoms with Gasteiger partial charge in [-0.1, -0.05) is 6.92 Å². The predicted octanol–water partition coefficient (Wildman–Crippen LogP) is 0.894. The summed E-state index contributed by atoms with van der Waals surface area (Å²) in [5.41, 5.74) is 0. The summed E-state index contributed by atoms with van der Waals surface area (Å²) in [5, 5.41) is 0.261. The third kappa shape index (κ3) is 4.80. The zero-order valence-corrected chi connectivity index (χ0v) is 5.97. The van der Waals surface area contributed by atoms with Crippen molar-refractivity contribution in [3.63, 3.8) is 0 Å². The Morgan fingerprint density at radius 2 is 2.00 bits per heavy atom. The fourth-order valence-electron chi connectivity index (χ4n) is 0. The number of hydrogen-bond acceptors (Lipinski definition) is 0. The van der Waals surface area contributed by atoms with Crippen LogP contribution in [0.3, 0.4) is 0 Å². The van der Waals surface area contributed by atoms with E-state index in [9.17, 15) is 0 Å². The largest absolute Gasteiger partial charge is 0.175 e. The fraction of sp³-hybridized carbons (Fsp3) is 1.00. The van der Waals surface area contributed by atoms with Crippen LogP contribution < -0.4 is 0 Å². The number of hydrogen-bond donors (Lipinski definition) is 0. The highest BCUT2D eigenvalue weighted by Gasteiger charge is 1.87. The Morgan fingerprint density at radius 1 is 1.80 bits per heavy atom. The average Bonchev–Trinajstić information content (AvgIpc) is 1.38. The molecule has 0 aromatic carbocycles. The number of halogens is 2. The maximum atomic E-state index is 5.39. The highest BCUT2D eigenvalue weighted by molar-refractivity contribution is 6.97. The highest BCUT2D eigenvalue weighted by Crippen LogP contribution is 1.89. The maximum absolute atomic E-state index is 5.39. The highest BCUT2D eigenvalue weighted by atomic mass is 35.6. The molecular formula is C2H6Cl2Si. The first-order valence-corrected chi connectivity index (χ1v) is 4.86. The second kappa shape index (κ2) is 3.01. The van der Waals surface area contributed by atoms with Crippen LogP contribution in [0.15, 0.2) is 0 Å². The summed E-state index contributed by atoms with van der Waals surface area (Å²) >= 11 is 10.7. The first-order valence-electron chi connectivity index (χ1n) is 1.47. The molecule has 0 bridgehead atoms. The molecule has 0 rings (SSSR count). The van der Waals surface area contributed by atoms with Crippen LogP contribution in [-0.2, 0) is 0 Å². The molecule has 5 heavy (non-hydrogen) atoms. The smallest absolute Gasteiger partial charge is 0.142 e. The van der Waals surface area contributed by atoms with E-state index in [4.69, 9.17) is 22.7 Å². The molecule has 0 aliphatic rings. The number of alkyl halides is 1. The van der Waals surface area contributed by atoms with Gasteiger partial charge in [0.15, 0.2) is 0 Å². The molecule has 0 aromatic rings. The van der Waals surface area contributed by atoms with Gasteiger partial charge in [0.2, 0.25) is 0 Å². The van der Waals surface area contributed by atoms with Crippen LogP contribution in [0, 0.1) is 0 Å². The molecule has 0 nitrogen and oxygen atoms in total. The standard InChI is InChI=1S/C2H6Cl2Si/c1-2(3)5-4/h2H,5H2,1H3. The van der Waals surface area contributed by atoms with Crippen LogP contribution in [0.4, 0.5) is 0 Å². The second-order valence-electron chi connectivity index (χ2n) is 0.935. The van der Waals surface area contributed by atoms with Gasteiger partial charge in [0.25, 0.3) is 0 Å². The van der Waals surface area contributed by atoms with E-state index in [1.807, 2.05) is 6.92 Å². The van der Waals surface area contributed by atoms with E-state index in [1.165, 1.54) is 0 Å². The van der Waals surface area contributed by atoms with Gasteiger partial charge in [-0.3, -0.25) is 0 Å². The molecule has 0 saturated heterocycles. The first-order chi connectivity index (χ1) is 2.27. The molecule has 0 aliphatic carbocycles. The van der Waals surface area contributed by atoms with Crippen molar-refractivity contribution in [3.05, 3.63) is 0 Å². The molecular weight excluding hydrogens is 123 g/mol. The SMILES string of the molecule is CC(Cl)[SiH2]Cl. The Hall–Kier alpha value is 0.797. The van der Waals surface area contributed by atoms with E-state index in [-0.39, 0.29) is 5.00 Å². The van der Waals surface area contributed by atoms with Crippen LogP contribution in [0.25, 0.3) is 0 Å². The van der Waals surface area contributed by atoms with Gasteiger partial charge in [0.1, 0.15) is 8.83 Å². The molecule has 1 atom stereocenters. The molecule has 0 amide bonds. The minimum Gasteiger partial charge on any atom is -0.175 e. The molecule has 1 unspecified atom stereocenters. The Kier molecular flexibility index (Phi) is 3.48. The van der Waals surface area contributed by atoms with E-state index >= 15 is 0 Å². The van der Waals surface area contributed by atoms with Gasteiger partial charge in [-0.15, -0.1) is 11.6 Å². The molecule has 0 heterocycles. The van der Waals surface area contributed by atoms with Gasteiger partial charge in [0.05, 0.1) is 0 Å². The van der Waals surface area contributed by atoms with Crippen molar-refractivity contribution in [1.82, 2.24) is 0 Å². The topological polar surface area (TPSA) is 0 Å². The van der Waals surface area contributed by atoms with Crippen molar-refractivity contribution in [2.24, 2.45) is 0 Å². The third-order valence-electron chi connectivity index (χ3n) is 0.213. The lowest BCUT2D eigenvalue weighted by Gasteiger charge is -1.84. The van der Waals surface area contributed by atoms with Gasteiger partial charge in [-0.2, -0.15) is 11.1 Å². The summed E-state index contributed by atoms with van der Waals surface area (Å²) in [6, 6.07) is 0. The van der Waals surface area contributed by atoms with Crippen LogP contribution in [-0.4, -0.2) is 13.8 Å². The van der Waals surface area contributed by atoms with Crippen molar-refractivity contribution in [2.45, 2.75) is 11.9 Å².